The molecule has 7 heteroatoms. The Labute approximate surface area is 185 Å². The minimum Gasteiger partial charge on any atom is -0.484 e. The smallest absolute Gasteiger partial charge is 0.258 e. The van der Waals surface area contributed by atoms with E-state index in [1.54, 1.807) is 25.1 Å². The summed E-state index contributed by atoms with van der Waals surface area (Å²) >= 11 is 0. The molecule has 1 saturated heterocycles. The van der Waals surface area contributed by atoms with Crippen molar-refractivity contribution in [2.45, 2.75) is 58.4 Å². The number of benzene rings is 2. The van der Waals surface area contributed by atoms with E-state index in [1.165, 1.54) is 15.4 Å². The Bertz CT molecular complexity index is 1070. The number of hydrogen-bond acceptors (Lipinski definition) is 4. The van der Waals surface area contributed by atoms with Gasteiger partial charge in [0.15, 0.2) is 6.61 Å². The van der Waals surface area contributed by atoms with Crippen LogP contribution in [0, 0.1) is 27.7 Å². The van der Waals surface area contributed by atoms with E-state index in [2.05, 4.69) is 31.3 Å². The molecular formula is C24H32N2O4S. The molecule has 0 aliphatic carbocycles. The van der Waals surface area contributed by atoms with Crippen molar-refractivity contribution in [3.05, 3.63) is 58.1 Å². The number of nitrogens with zero attached hydrogens (tertiary/aromatic N) is 1. The van der Waals surface area contributed by atoms with Crippen molar-refractivity contribution in [1.82, 2.24) is 9.62 Å². The zero-order valence-electron chi connectivity index (χ0n) is 19.0. The highest BCUT2D eigenvalue weighted by molar-refractivity contribution is 7.89. The summed E-state index contributed by atoms with van der Waals surface area (Å²) in [4.78, 5) is 12.7. The molecule has 31 heavy (non-hydrogen) atoms. The highest BCUT2D eigenvalue weighted by Gasteiger charge is 2.27. The van der Waals surface area contributed by atoms with E-state index in [0.29, 0.717) is 24.4 Å². The third-order valence-electron chi connectivity index (χ3n) is 5.93. The van der Waals surface area contributed by atoms with Crippen LogP contribution in [0.25, 0.3) is 0 Å². The molecule has 168 valence electrons. The first-order chi connectivity index (χ1) is 14.6. The predicted octanol–water partition coefficient (Wildman–Crippen LogP) is 3.96. The van der Waals surface area contributed by atoms with E-state index in [1.807, 2.05) is 13.8 Å². The molecule has 6 nitrogen and oxygen atoms in total. The second-order valence-electron chi connectivity index (χ2n) is 8.41. The van der Waals surface area contributed by atoms with Gasteiger partial charge >= 0.3 is 0 Å². The Morgan fingerprint density at radius 1 is 1.00 bits per heavy atom. The van der Waals surface area contributed by atoms with Gasteiger partial charge in [-0.15, -0.1) is 0 Å². The van der Waals surface area contributed by atoms with Crippen molar-refractivity contribution in [3.63, 3.8) is 0 Å². The summed E-state index contributed by atoms with van der Waals surface area (Å²) in [5.74, 6) is 0.281. The molecule has 0 spiro atoms. The molecule has 0 radical (unpaired) electrons. The van der Waals surface area contributed by atoms with Crippen LogP contribution in [-0.2, 0) is 14.8 Å². The van der Waals surface area contributed by atoms with Crippen LogP contribution in [0.2, 0.25) is 0 Å². The van der Waals surface area contributed by atoms with Gasteiger partial charge < -0.3 is 10.1 Å². The lowest BCUT2D eigenvalue weighted by atomic mass is 9.96. The molecule has 0 bridgehead atoms. The summed E-state index contributed by atoms with van der Waals surface area (Å²) in [6.45, 7) is 10.9. The highest BCUT2D eigenvalue weighted by Crippen LogP contribution is 2.26. The number of nitrogens with one attached hydrogen (secondary N) is 1. The fraction of sp³-hybridized carbons (Fsp3) is 0.458. The first kappa shape index (κ1) is 23.3. The van der Waals surface area contributed by atoms with Crippen LogP contribution in [0.4, 0.5) is 0 Å². The molecule has 1 aliphatic heterocycles. The molecular weight excluding hydrogens is 412 g/mol. The molecule has 0 saturated carbocycles. The number of aryl methyl sites for hydroxylation is 4. The molecule has 3 rings (SSSR count). The first-order valence-corrected chi connectivity index (χ1v) is 12.1. The molecule has 1 aliphatic rings. The van der Waals surface area contributed by atoms with Crippen LogP contribution < -0.4 is 10.1 Å². The second kappa shape index (κ2) is 9.40. The fourth-order valence-electron chi connectivity index (χ4n) is 3.98. The third-order valence-corrected chi connectivity index (χ3v) is 7.83. The number of amides is 1. The van der Waals surface area contributed by atoms with Crippen molar-refractivity contribution in [3.8, 4) is 5.75 Å². The normalized spacial score (nSPS) is 15.6. The maximum atomic E-state index is 12.7. The third kappa shape index (κ3) is 5.28. The minimum absolute atomic E-state index is 0.132. The summed E-state index contributed by atoms with van der Waals surface area (Å²) in [5.41, 5.74) is 5.34. The van der Waals surface area contributed by atoms with Crippen molar-refractivity contribution >= 4 is 15.9 Å². The van der Waals surface area contributed by atoms with Gasteiger partial charge in [0, 0.05) is 13.1 Å². The molecule has 2 aromatic carbocycles. The van der Waals surface area contributed by atoms with Gasteiger partial charge in [0.2, 0.25) is 10.0 Å². The Morgan fingerprint density at radius 2 is 1.65 bits per heavy atom. The Hall–Kier alpha value is -2.38. The van der Waals surface area contributed by atoms with Crippen LogP contribution in [0.1, 0.15) is 53.6 Å². The van der Waals surface area contributed by atoms with Crippen LogP contribution in [0.3, 0.4) is 0 Å². The van der Waals surface area contributed by atoms with Crippen LogP contribution in [-0.4, -0.2) is 38.3 Å². The van der Waals surface area contributed by atoms with Gasteiger partial charge in [0.05, 0.1) is 10.9 Å². The van der Waals surface area contributed by atoms with E-state index in [4.69, 9.17) is 4.74 Å². The van der Waals surface area contributed by atoms with Gasteiger partial charge in [0.1, 0.15) is 5.75 Å². The SMILES string of the molecule is Cc1cc(C)c([C@H](C)NC(=O)COc2ccc(S(=O)(=O)N3CCCC3)cc2C)cc1C. The van der Waals surface area contributed by atoms with Crippen LogP contribution in [0.5, 0.6) is 5.75 Å². The maximum absolute atomic E-state index is 12.7. The van der Waals surface area contributed by atoms with E-state index in [9.17, 15) is 13.2 Å². The summed E-state index contributed by atoms with van der Waals surface area (Å²) < 4.78 is 32.6. The predicted molar refractivity (Wildman–Crippen MR) is 122 cm³/mol. The number of sulfonamides is 1. The zero-order chi connectivity index (χ0) is 22.8. The Morgan fingerprint density at radius 3 is 2.29 bits per heavy atom. The van der Waals surface area contributed by atoms with Gasteiger partial charge in [0.25, 0.3) is 5.91 Å². The van der Waals surface area contributed by atoms with Crippen molar-refractivity contribution in [1.29, 1.82) is 0 Å². The maximum Gasteiger partial charge on any atom is 0.258 e. The lowest BCUT2D eigenvalue weighted by Crippen LogP contribution is -2.31. The van der Waals surface area contributed by atoms with Gasteiger partial charge in [-0.3, -0.25) is 4.79 Å². The number of rotatable bonds is 7. The molecule has 1 heterocycles. The van der Waals surface area contributed by atoms with Gasteiger partial charge in [-0.2, -0.15) is 4.31 Å². The second-order valence-corrected chi connectivity index (χ2v) is 10.3. The Balaban J connectivity index is 1.62. The summed E-state index contributed by atoms with van der Waals surface area (Å²) in [5, 5.41) is 2.98. The lowest BCUT2D eigenvalue weighted by molar-refractivity contribution is -0.123. The molecule has 1 fully saturated rings. The van der Waals surface area contributed by atoms with Crippen molar-refractivity contribution in [2.24, 2.45) is 0 Å². The highest BCUT2D eigenvalue weighted by atomic mass is 32.2. The summed E-state index contributed by atoms with van der Waals surface area (Å²) in [6.07, 6.45) is 1.79. The molecule has 0 aromatic heterocycles. The zero-order valence-corrected chi connectivity index (χ0v) is 19.8. The number of hydrogen-bond donors (Lipinski definition) is 1. The van der Waals surface area contributed by atoms with E-state index >= 15 is 0 Å². The van der Waals surface area contributed by atoms with Gasteiger partial charge in [-0.25, -0.2) is 8.42 Å². The average Bonchev–Trinajstić information content (AvgIpc) is 3.25. The van der Waals surface area contributed by atoms with E-state index in [0.717, 1.165) is 24.0 Å². The van der Waals surface area contributed by atoms with Crippen molar-refractivity contribution < 1.29 is 17.9 Å². The monoisotopic (exact) mass is 444 g/mol. The van der Waals surface area contributed by atoms with Crippen LogP contribution >= 0.6 is 0 Å². The molecule has 1 amide bonds. The summed E-state index contributed by atoms with van der Waals surface area (Å²) in [6, 6.07) is 8.90. The molecule has 1 atom stereocenters. The van der Waals surface area contributed by atoms with Crippen molar-refractivity contribution in [2.75, 3.05) is 19.7 Å². The molecule has 1 N–H and O–H groups in total. The number of ether oxygens (including phenoxy) is 1. The number of carbonyl (C=O) groups excluding carboxylic acids is 1. The van der Waals surface area contributed by atoms with Gasteiger partial charge in [-0.1, -0.05) is 12.1 Å². The molecule has 0 unspecified atom stereocenters. The standard InChI is InChI=1S/C24H32N2O4S/c1-16-12-18(3)22(14-17(16)2)20(5)25-24(27)15-30-23-9-8-21(13-19(23)4)31(28,29)26-10-6-7-11-26/h8-9,12-14,20H,6-7,10-11,15H2,1-5H3,(H,25,27)/t20-/m0/s1. The fourth-order valence-corrected chi connectivity index (χ4v) is 5.58. The van der Waals surface area contributed by atoms with E-state index in [-0.39, 0.29) is 23.5 Å². The lowest BCUT2D eigenvalue weighted by Gasteiger charge is -2.19. The Kier molecular flexibility index (Phi) is 7.06. The first-order valence-electron chi connectivity index (χ1n) is 10.7. The quantitative estimate of drug-likeness (QED) is 0.701. The van der Waals surface area contributed by atoms with E-state index < -0.39 is 10.0 Å². The summed E-state index contributed by atoms with van der Waals surface area (Å²) in [7, 11) is -3.47. The molecule has 2 aromatic rings. The van der Waals surface area contributed by atoms with Crippen LogP contribution in [0.15, 0.2) is 35.2 Å². The average molecular weight is 445 g/mol. The minimum atomic E-state index is -3.47. The number of carbonyl (C=O) groups is 1. The largest absolute Gasteiger partial charge is 0.484 e. The topological polar surface area (TPSA) is 75.7 Å². The van der Waals surface area contributed by atoms with Gasteiger partial charge in [-0.05, 0) is 93.5 Å².